The summed E-state index contributed by atoms with van der Waals surface area (Å²) in [5.41, 5.74) is -2.39. The maximum atomic E-state index is 13.3. The van der Waals surface area contributed by atoms with Crippen LogP contribution < -0.4 is 15.8 Å². The van der Waals surface area contributed by atoms with E-state index in [0.717, 1.165) is 18.6 Å². The van der Waals surface area contributed by atoms with Gasteiger partial charge >= 0.3 is 12.3 Å². The number of nitro benzene ring substituents is 1. The first kappa shape index (κ1) is 24.3. The van der Waals surface area contributed by atoms with E-state index in [0.29, 0.717) is 30.4 Å². The number of amides is 1. The molecule has 5 heterocycles. The van der Waals surface area contributed by atoms with Gasteiger partial charge in [0.25, 0.3) is 11.2 Å². The van der Waals surface area contributed by atoms with Crippen molar-refractivity contribution in [1.82, 2.24) is 20.1 Å². The number of nitrogens with one attached hydrogen (secondary N) is 2. The number of hydrogen-bond acceptors (Lipinski definition) is 8. The van der Waals surface area contributed by atoms with Crippen molar-refractivity contribution in [2.75, 3.05) is 23.3 Å². The molecule has 3 saturated heterocycles. The summed E-state index contributed by atoms with van der Waals surface area (Å²) >= 11 is 0. The third kappa shape index (κ3) is 4.36. The predicted octanol–water partition coefficient (Wildman–Crippen LogP) is 3.36. The number of non-ortho nitro benzene ring substituents is 1. The molecule has 2 bridgehead atoms. The smallest absolute Gasteiger partial charge is 0.416 e. The lowest BCUT2D eigenvalue weighted by atomic mass is 9.88. The zero-order valence-electron chi connectivity index (χ0n) is 19.2. The van der Waals surface area contributed by atoms with E-state index in [1.54, 1.807) is 6.07 Å². The SMILES string of the molecule is C[C@@H](Nc1n[nH]c(=O)c2cnc(N3CC4CC(C3)N4C(=O)O)cc12)c1cc([N+](=O)[O-])cc(C(F)(F)F)c1. The van der Waals surface area contributed by atoms with Crippen LogP contribution in [-0.4, -0.2) is 61.4 Å². The van der Waals surface area contributed by atoms with Crippen LogP contribution in [0.4, 0.5) is 35.3 Å². The zero-order valence-corrected chi connectivity index (χ0v) is 19.2. The Morgan fingerprint density at radius 1 is 1.24 bits per heavy atom. The monoisotopic (exact) mass is 519 g/mol. The molecule has 0 aliphatic carbocycles. The lowest BCUT2D eigenvalue weighted by molar-refractivity contribution is -0.385. The highest BCUT2D eigenvalue weighted by Crippen LogP contribution is 2.37. The van der Waals surface area contributed by atoms with E-state index in [4.69, 9.17) is 0 Å². The molecule has 0 radical (unpaired) electrons. The Balaban J connectivity index is 1.47. The molecular weight excluding hydrogens is 499 g/mol. The number of rotatable bonds is 5. The largest absolute Gasteiger partial charge is 0.465 e. The van der Waals surface area contributed by atoms with E-state index >= 15 is 0 Å². The molecule has 2 aromatic heterocycles. The predicted molar refractivity (Wildman–Crippen MR) is 125 cm³/mol. The van der Waals surface area contributed by atoms with E-state index < -0.39 is 40.0 Å². The van der Waals surface area contributed by atoms with Crippen LogP contribution in [0.25, 0.3) is 10.8 Å². The van der Waals surface area contributed by atoms with Gasteiger partial charge in [-0.25, -0.2) is 14.9 Å². The summed E-state index contributed by atoms with van der Waals surface area (Å²) < 4.78 is 40.0. The minimum atomic E-state index is -4.78. The number of aromatic amines is 1. The number of benzene rings is 1. The number of halogens is 3. The summed E-state index contributed by atoms with van der Waals surface area (Å²) in [6.45, 7) is 2.36. The lowest BCUT2D eigenvalue weighted by Crippen LogP contribution is -2.70. The highest BCUT2D eigenvalue weighted by molar-refractivity contribution is 5.92. The Morgan fingerprint density at radius 2 is 1.95 bits per heavy atom. The first-order valence-electron chi connectivity index (χ1n) is 11.2. The van der Waals surface area contributed by atoms with Crippen molar-refractivity contribution < 1.29 is 28.0 Å². The number of nitrogens with zero attached hydrogens (tertiary/aromatic N) is 5. The number of hydrogen-bond donors (Lipinski definition) is 3. The van der Waals surface area contributed by atoms with Crippen LogP contribution in [0.3, 0.4) is 0 Å². The molecule has 2 unspecified atom stereocenters. The summed E-state index contributed by atoms with van der Waals surface area (Å²) in [5.74, 6) is 0.630. The maximum absolute atomic E-state index is 13.3. The minimum absolute atomic E-state index is 0.00170. The van der Waals surface area contributed by atoms with Crippen molar-refractivity contribution >= 4 is 34.2 Å². The van der Waals surface area contributed by atoms with Crippen LogP contribution in [0.15, 0.2) is 35.3 Å². The first-order chi connectivity index (χ1) is 17.4. The minimum Gasteiger partial charge on any atom is -0.465 e. The third-order valence-corrected chi connectivity index (χ3v) is 6.73. The van der Waals surface area contributed by atoms with Crippen molar-refractivity contribution in [1.29, 1.82) is 0 Å². The normalized spacial score (nSPS) is 19.9. The average molecular weight is 519 g/mol. The van der Waals surface area contributed by atoms with Crippen molar-refractivity contribution in [2.45, 2.75) is 37.6 Å². The van der Waals surface area contributed by atoms with Gasteiger partial charge in [0.2, 0.25) is 0 Å². The number of anilines is 2. The second kappa shape index (κ2) is 8.60. The van der Waals surface area contributed by atoms with Crippen molar-refractivity contribution in [3.8, 4) is 0 Å². The number of fused-ring (bicyclic) bond motifs is 3. The van der Waals surface area contributed by atoms with E-state index in [2.05, 4.69) is 20.5 Å². The molecule has 1 amide bonds. The standard InChI is InChI=1S/C22H20F3N7O5/c1-10(11-2-12(22(23,24)25)4-13(3-11)32(36)37)27-19-16-6-18(26-7-17(16)20(33)29-28-19)30-8-14-5-15(9-30)31(14)21(34)35/h2-4,6-7,10,14-15H,5,8-9H2,1H3,(H,27,28)(H,29,33)(H,34,35)/t10-,14?,15?/m1/s1. The highest BCUT2D eigenvalue weighted by atomic mass is 19.4. The van der Waals surface area contributed by atoms with Gasteiger partial charge in [-0.2, -0.15) is 18.3 Å². The molecule has 3 aliphatic heterocycles. The Labute approximate surface area is 205 Å². The van der Waals surface area contributed by atoms with E-state index in [1.165, 1.54) is 18.0 Å². The van der Waals surface area contributed by atoms with Gasteiger partial charge in [0, 0.05) is 36.8 Å². The number of alkyl halides is 3. The summed E-state index contributed by atoms with van der Waals surface area (Å²) in [5, 5.41) is 30.3. The summed E-state index contributed by atoms with van der Waals surface area (Å²) in [6.07, 6.45) is -3.65. The van der Waals surface area contributed by atoms with Gasteiger partial charge < -0.3 is 15.3 Å². The molecule has 15 heteroatoms. The van der Waals surface area contributed by atoms with Gasteiger partial charge in [0.05, 0.1) is 34.0 Å². The molecule has 0 spiro atoms. The Kier molecular flexibility index (Phi) is 5.64. The number of carbonyl (C=O) groups is 1. The first-order valence-corrected chi connectivity index (χ1v) is 11.2. The quantitative estimate of drug-likeness (QED) is 0.340. The fourth-order valence-corrected chi connectivity index (χ4v) is 4.88. The molecule has 3 atom stereocenters. The second-order valence-corrected chi connectivity index (χ2v) is 9.06. The number of carboxylic acid groups (broad SMARTS) is 1. The van der Waals surface area contributed by atoms with Crippen molar-refractivity contribution in [3.63, 3.8) is 0 Å². The van der Waals surface area contributed by atoms with Gasteiger partial charge in [0.1, 0.15) is 5.82 Å². The molecule has 194 valence electrons. The number of aromatic nitrogens is 3. The molecule has 3 aromatic rings. The molecule has 6 rings (SSSR count). The van der Waals surface area contributed by atoms with E-state index in [-0.39, 0.29) is 28.9 Å². The number of piperazine rings is 1. The highest BCUT2D eigenvalue weighted by Gasteiger charge is 2.47. The van der Waals surface area contributed by atoms with Crippen LogP contribution in [0, 0.1) is 10.1 Å². The second-order valence-electron chi connectivity index (χ2n) is 9.06. The average Bonchev–Trinajstić information content (AvgIpc) is 2.84. The van der Waals surface area contributed by atoms with Crippen LogP contribution in [0.2, 0.25) is 0 Å². The lowest BCUT2D eigenvalue weighted by Gasteiger charge is -2.55. The fourth-order valence-electron chi connectivity index (χ4n) is 4.88. The molecule has 3 aliphatic rings. The van der Waals surface area contributed by atoms with Gasteiger partial charge in [-0.3, -0.25) is 19.8 Å². The van der Waals surface area contributed by atoms with Crippen molar-refractivity contribution in [3.05, 3.63) is 62.1 Å². The summed E-state index contributed by atoms with van der Waals surface area (Å²) in [4.78, 5) is 41.7. The van der Waals surface area contributed by atoms with Gasteiger partial charge in [-0.05, 0) is 31.0 Å². The third-order valence-electron chi connectivity index (χ3n) is 6.73. The maximum Gasteiger partial charge on any atom is 0.416 e. The fraction of sp³-hybridized carbons (Fsp3) is 0.364. The van der Waals surface area contributed by atoms with Crippen LogP contribution in [-0.2, 0) is 6.18 Å². The topological polar surface area (TPSA) is 158 Å². The van der Waals surface area contributed by atoms with Gasteiger partial charge in [0.15, 0.2) is 5.82 Å². The molecule has 12 nitrogen and oxygen atoms in total. The molecule has 0 saturated carbocycles. The van der Waals surface area contributed by atoms with Crippen LogP contribution in [0.5, 0.6) is 0 Å². The molecular formula is C22H20F3N7O5. The van der Waals surface area contributed by atoms with Gasteiger partial charge in [-0.15, -0.1) is 0 Å². The molecule has 3 N–H and O–H groups in total. The summed E-state index contributed by atoms with van der Waals surface area (Å²) in [6, 6.07) is 2.75. The Bertz CT molecular complexity index is 1470. The molecule has 3 fully saturated rings. The van der Waals surface area contributed by atoms with E-state index in [1.807, 2.05) is 4.90 Å². The number of pyridine rings is 1. The van der Waals surface area contributed by atoms with Gasteiger partial charge in [-0.1, -0.05) is 0 Å². The Morgan fingerprint density at radius 3 is 2.57 bits per heavy atom. The summed E-state index contributed by atoms with van der Waals surface area (Å²) in [7, 11) is 0. The zero-order chi connectivity index (χ0) is 26.6. The number of H-pyrrole nitrogens is 1. The molecule has 1 aromatic carbocycles. The van der Waals surface area contributed by atoms with Crippen LogP contribution >= 0.6 is 0 Å². The van der Waals surface area contributed by atoms with Crippen molar-refractivity contribution in [2.24, 2.45) is 0 Å². The number of nitro groups is 1. The Hall–Kier alpha value is -4.43. The molecule has 37 heavy (non-hydrogen) atoms. The van der Waals surface area contributed by atoms with Crippen LogP contribution in [0.1, 0.15) is 30.5 Å². The number of piperidine rings is 1. The van der Waals surface area contributed by atoms with E-state index in [9.17, 15) is 38.0 Å².